The molecule has 0 aromatic heterocycles. The lowest BCUT2D eigenvalue weighted by molar-refractivity contribution is -0.0163. The first-order valence-corrected chi connectivity index (χ1v) is 5.58. The summed E-state index contributed by atoms with van der Waals surface area (Å²) in [5.74, 6) is -0.00477. The zero-order valence-corrected chi connectivity index (χ0v) is 10.5. The highest BCUT2D eigenvalue weighted by molar-refractivity contribution is 5.29. The van der Waals surface area contributed by atoms with Crippen LogP contribution in [0.1, 0.15) is 26.3 Å². The number of aliphatic hydroxyl groups excluding tert-OH is 1. The molecule has 0 radical (unpaired) electrons. The van der Waals surface area contributed by atoms with Crippen LogP contribution in [0.4, 0.5) is 4.39 Å². The van der Waals surface area contributed by atoms with Crippen molar-refractivity contribution in [3.63, 3.8) is 0 Å². The molecule has 1 rings (SSSR count). The maximum atomic E-state index is 13.1. The Kier molecular flexibility index (Phi) is 4.90. The van der Waals surface area contributed by atoms with E-state index in [1.807, 2.05) is 20.8 Å². The fourth-order valence-corrected chi connectivity index (χ4v) is 1.30. The van der Waals surface area contributed by atoms with Gasteiger partial charge in [0, 0.05) is 6.07 Å². The van der Waals surface area contributed by atoms with Crippen LogP contribution in [0.15, 0.2) is 18.2 Å². The zero-order valence-electron chi connectivity index (χ0n) is 10.5. The smallest absolute Gasteiger partial charge is 0.127 e. The van der Waals surface area contributed by atoms with E-state index in [1.54, 1.807) is 6.07 Å². The third-order valence-corrected chi connectivity index (χ3v) is 2.00. The van der Waals surface area contributed by atoms with Crippen molar-refractivity contribution >= 4 is 0 Å². The second-order valence-corrected chi connectivity index (χ2v) is 4.76. The number of hydrogen-bond acceptors (Lipinski definition) is 3. The lowest BCUT2D eigenvalue weighted by atomic mass is 10.2. The van der Waals surface area contributed by atoms with Gasteiger partial charge >= 0.3 is 0 Å². The first kappa shape index (κ1) is 13.9. The molecular weight excluding hydrogens is 223 g/mol. The van der Waals surface area contributed by atoms with Crippen LogP contribution in [-0.2, 0) is 11.3 Å². The SMILES string of the molecule is CC(C)(C)OCCOc1cc(F)cc(CO)c1. The van der Waals surface area contributed by atoms with Crippen LogP contribution in [0.3, 0.4) is 0 Å². The van der Waals surface area contributed by atoms with Crippen molar-refractivity contribution in [1.82, 2.24) is 0 Å². The van der Waals surface area contributed by atoms with Crippen LogP contribution in [0.25, 0.3) is 0 Å². The van der Waals surface area contributed by atoms with Gasteiger partial charge in [0.1, 0.15) is 18.2 Å². The van der Waals surface area contributed by atoms with E-state index < -0.39 is 5.82 Å². The van der Waals surface area contributed by atoms with Crippen LogP contribution in [-0.4, -0.2) is 23.9 Å². The minimum atomic E-state index is -0.414. The molecule has 0 spiro atoms. The molecular formula is C13H19FO3. The van der Waals surface area contributed by atoms with E-state index in [0.29, 0.717) is 24.5 Å². The van der Waals surface area contributed by atoms with E-state index >= 15 is 0 Å². The maximum Gasteiger partial charge on any atom is 0.127 e. The number of ether oxygens (including phenoxy) is 2. The van der Waals surface area contributed by atoms with Gasteiger partial charge in [-0.2, -0.15) is 0 Å². The molecule has 0 aliphatic carbocycles. The van der Waals surface area contributed by atoms with Gasteiger partial charge in [-0.1, -0.05) is 0 Å². The van der Waals surface area contributed by atoms with Gasteiger partial charge in [0.15, 0.2) is 0 Å². The Morgan fingerprint density at radius 3 is 2.47 bits per heavy atom. The lowest BCUT2D eigenvalue weighted by Crippen LogP contribution is -2.22. The van der Waals surface area contributed by atoms with E-state index in [0.717, 1.165) is 0 Å². The Bertz CT molecular complexity index is 358. The van der Waals surface area contributed by atoms with Crippen molar-refractivity contribution in [2.45, 2.75) is 33.0 Å². The highest BCUT2D eigenvalue weighted by Gasteiger charge is 2.09. The number of aliphatic hydroxyl groups is 1. The van der Waals surface area contributed by atoms with Gasteiger partial charge in [0.2, 0.25) is 0 Å². The number of rotatable bonds is 5. The highest BCUT2D eigenvalue weighted by Crippen LogP contribution is 2.16. The summed E-state index contributed by atoms with van der Waals surface area (Å²) in [6.45, 7) is 6.46. The molecule has 1 aromatic carbocycles. The van der Waals surface area contributed by atoms with Gasteiger partial charge in [0.25, 0.3) is 0 Å². The average Bonchev–Trinajstić information content (AvgIpc) is 2.22. The van der Waals surface area contributed by atoms with Crippen LogP contribution >= 0.6 is 0 Å². The molecule has 4 heteroatoms. The second kappa shape index (κ2) is 5.98. The minimum Gasteiger partial charge on any atom is -0.491 e. The van der Waals surface area contributed by atoms with Crippen LogP contribution in [0.5, 0.6) is 5.75 Å². The van der Waals surface area contributed by atoms with Crippen molar-refractivity contribution in [2.75, 3.05) is 13.2 Å². The Labute approximate surface area is 101 Å². The molecule has 0 unspecified atom stereocenters. The number of halogens is 1. The third kappa shape index (κ3) is 5.65. The van der Waals surface area contributed by atoms with Crippen molar-refractivity contribution in [3.05, 3.63) is 29.6 Å². The predicted octanol–water partition coefficient (Wildman–Crippen LogP) is 2.51. The summed E-state index contributed by atoms with van der Waals surface area (Å²) in [5, 5.41) is 8.92. The summed E-state index contributed by atoms with van der Waals surface area (Å²) in [4.78, 5) is 0. The summed E-state index contributed by atoms with van der Waals surface area (Å²) >= 11 is 0. The predicted molar refractivity (Wildman–Crippen MR) is 63.5 cm³/mol. The van der Waals surface area contributed by atoms with Gasteiger partial charge in [-0.15, -0.1) is 0 Å². The molecule has 0 bridgehead atoms. The van der Waals surface area contributed by atoms with E-state index in [1.165, 1.54) is 12.1 Å². The molecule has 0 saturated carbocycles. The van der Waals surface area contributed by atoms with Crippen molar-refractivity contribution in [3.8, 4) is 5.75 Å². The molecule has 17 heavy (non-hydrogen) atoms. The zero-order chi connectivity index (χ0) is 12.9. The first-order chi connectivity index (χ1) is 7.90. The molecule has 1 aromatic rings. The van der Waals surface area contributed by atoms with Gasteiger partial charge in [-0.25, -0.2) is 4.39 Å². The summed E-state index contributed by atoms with van der Waals surface area (Å²) < 4.78 is 23.9. The van der Waals surface area contributed by atoms with Gasteiger partial charge < -0.3 is 14.6 Å². The van der Waals surface area contributed by atoms with Gasteiger partial charge in [0.05, 0.1) is 18.8 Å². The molecule has 0 heterocycles. The van der Waals surface area contributed by atoms with E-state index in [-0.39, 0.29) is 12.2 Å². The standard InChI is InChI=1S/C13H19FO3/c1-13(2,3)17-5-4-16-12-7-10(9-15)6-11(14)8-12/h6-8,15H,4-5,9H2,1-3H3. The van der Waals surface area contributed by atoms with Gasteiger partial charge in [-0.3, -0.25) is 0 Å². The molecule has 0 fully saturated rings. The van der Waals surface area contributed by atoms with E-state index in [4.69, 9.17) is 14.6 Å². The van der Waals surface area contributed by atoms with E-state index in [2.05, 4.69) is 0 Å². The summed E-state index contributed by atoms with van der Waals surface area (Å²) in [6.07, 6.45) is 0. The maximum absolute atomic E-state index is 13.1. The van der Waals surface area contributed by atoms with Crippen molar-refractivity contribution in [1.29, 1.82) is 0 Å². The highest BCUT2D eigenvalue weighted by atomic mass is 19.1. The lowest BCUT2D eigenvalue weighted by Gasteiger charge is -2.19. The minimum absolute atomic E-state index is 0.202. The second-order valence-electron chi connectivity index (χ2n) is 4.76. The summed E-state index contributed by atoms with van der Waals surface area (Å²) in [5.41, 5.74) is 0.290. The molecule has 3 nitrogen and oxygen atoms in total. The fraction of sp³-hybridized carbons (Fsp3) is 0.538. The first-order valence-electron chi connectivity index (χ1n) is 5.58. The Morgan fingerprint density at radius 2 is 1.88 bits per heavy atom. The van der Waals surface area contributed by atoms with Gasteiger partial charge in [-0.05, 0) is 38.5 Å². The topological polar surface area (TPSA) is 38.7 Å². The average molecular weight is 242 g/mol. The Morgan fingerprint density at radius 1 is 1.18 bits per heavy atom. The Balaban J connectivity index is 2.44. The molecule has 0 aliphatic rings. The number of benzene rings is 1. The molecule has 0 saturated heterocycles. The van der Waals surface area contributed by atoms with Crippen LogP contribution in [0.2, 0.25) is 0 Å². The monoisotopic (exact) mass is 242 g/mol. The normalized spacial score (nSPS) is 11.6. The Hall–Kier alpha value is -1.13. The summed E-state index contributed by atoms with van der Waals surface area (Å²) in [6, 6.07) is 4.18. The fourth-order valence-electron chi connectivity index (χ4n) is 1.30. The molecule has 1 N–H and O–H groups in total. The van der Waals surface area contributed by atoms with Crippen LogP contribution < -0.4 is 4.74 Å². The molecule has 0 amide bonds. The van der Waals surface area contributed by atoms with E-state index in [9.17, 15) is 4.39 Å². The van der Waals surface area contributed by atoms with Crippen molar-refractivity contribution < 1.29 is 19.0 Å². The molecule has 0 aliphatic heterocycles. The molecule has 0 atom stereocenters. The van der Waals surface area contributed by atoms with Crippen LogP contribution in [0, 0.1) is 5.82 Å². The largest absolute Gasteiger partial charge is 0.491 e. The molecule has 96 valence electrons. The third-order valence-electron chi connectivity index (χ3n) is 2.00. The number of hydrogen-bond donors (Lipinski definition) is 1. The quantitative estimate of drug-likeness (QED) is 0.806. The summed E-state index contributed by atoms with van der Waals surface area (Å²) in [7, 11) is 0. The van der Waals surface area contributed by atoms with Crippen molar-refractivity contribution in [2.24, 2.45) is 0 Å².